The van der Waals surface area contributed by atoms with E-state index < -0.39 is 32.1 Å². The van der Waals surface area contributed by atoms with E-state index in [0.29, 0.717) is 37.6 Å². The highest BCUT2D eigenvalue weighted by atomic mass is 35.5. The van der Waals surface area contributed by atoms with Crippen LogP contribution in [0.1, 0.15) is 24.0 Å². The van der Waals surface area contributed by atoms with Gasteiger partial charge >= 0.3 is 6.18 Å². The number of alkyl halides is 3. The number of nitrogens with two attached hydrogens (primary N) is 1. The number of hydrogen-bond acceptors (Lipinski definition) is 4. The Balaban J connectivity index is 1.94. The monoisotopic (exact) mass is 448 g/mol. The van der Waals surface area contributed by atoms with Gasteiger partial charge in [-0.1, -0.05) is 29.8 Å². The van der Waals surface area contributed by atoms with Crippen LogP contribution < -0.4 is 10.5 Å². The molecule has 3 rings (SSSR count). The van der Waals surface area contributed by atoms with E-state index in [1.54, 1.807) is 6.07 Å². The Labute approximate surface area is 172 Å². The van der Waals surface area contributed by atoms with Gasteiger partial charge in [0.15, 0.2) is 0 Å². The van der Waals surface area contributed by atoms with Crippen molar-refractivity contribution in [3.63, 3.8) is 0 Å². The van der Waals surface area contributed by atoms with E-state index in [0.717, 1.165) is 17.7 Å². The maximum atomic E-state index is 13.4. The molecule has 158 valence electrons. The molecule has 0 aliphatic carbocycles. The summed E-state index contributed by atoms with van der Waals surface area (Å²) in [6.45, 7) is 1.32. The van der Waals surface area contributed by atoms with Crippen LogP contribution in [-0.2, 0) is 26.4 Å². The molecule has 0 radical (unpaired) electrons. The van der Waals surface area contributed by atoms with Gasteiger partial charge in [0.05, 0.1) is 10.5 Å². The van der Waals surface area contributed by atoms with Crippen molar-refractivity contribution in [2.75, 3.05) is 25.1 Å². The van der Waals surface area contributed by atoms with E-state index in [2.05, 4.69) is 5.32 Å². The Kier molecular flexibility index (Phi) is 6.14. The minimum atomic E-state index is -4.86. The molecule has 3 N–H and O–H groups in total. The van der Waals surface area contributed by atoms with Crippen LogP contribution in [-0.4, -0.2) is 28.2 Å². The van der Waals surface area contributed by atoms with Crippen molar-refractivity contribution in [1.29, 1.82) is 0 Å². The van der Waals surface area contributed by atoms with Gasteiger partial charge in [0.1, 0.15) is 0 Å². The quantitative estimate of drug-likeness (QED) is 0.719. The Hall–Kier alpha value is -1.81. The summed E-state index contributed by atoms with van der Waals surface area (Å²) in [5.41, 5.74) is -0.686. The molecule has 10 heteroatoms. The first kappa shape index (κ1) is 21.9. The molecule has 1 fully saturated rings. The van der Waals surface area contributed by atoms with Gasteiger partial charge in [-0.2, -0.15) is 13.2 Å². The van der Waals surface area contributed by atoms with Gasteiger partial charge in [0.25, 0.3) is 0 Å². The van der Waals surface area contributed by atoms with Gasteiger partial charge in [0.2, 0.25) is 10.0 Å². The zero-order valence-corrected chi connectivity index (χ0v) is 16.9. The van der Waals surface area contributed by atoms with Crippen LogP contribution in [0.4, 0.5) is 18.9 Å². The molecular formula is C19H20ClF3N2O3S. The lowest BCUT2D eigenvalue weighted by atomic mass is 9.74. The zero-order chi connectivity index (χ0) is 21.3. The molecule has 0 spiro atoms. The van der Waals surface area contributed by atoms with Crippen molar-refractivity contribution in [1.82, 2.24) is 0 Å². The number of sulfonamides is 1. The maximum absolute atomic E-state index is 13.4. The second-order valence-corrected chi connectivity index (χ2v) is 8.92. The maximum Gasteiger partial charge on any atom is 0.417 e. The summed E-state index contributed by atoms with van der Waals surface area (Å²) >= 11 is 6.39. The highest BCUT2D eigenvalue weighted by molar-refractivity contribution is 7.89. The molecule has 2 aromatic rings. The van der Waals surface area contributed by atoms with Crippen LogP contribution in [0.2, 0.25) is 5.02 Å². The summed E-state index contributed by atoms with van der Waals surface area (Å²) in [5, 5.41) is 8.53. The number of benzene rings is 2. The molecule has 1 heterocycles. The standard InChI is InChI=1S/C19H20ClF3N2O3S/c20-16-4-2-1-3-14(16)18(7-9-28-10-8-18)12-25-13-5-6-17(29(24,26)27)15(11-13)19(21,22)23/h1-6,11,25H,7-10,12H2,(H2,24,26,27). The van der Waals surface area contributed by atoms with Gasteiger partial charge in [-0.3, -0.25) is 0 Å². The first-order valence-corrected chi connectivity index (χ1v) is 10.8. The zero-order valence-electron chi connectivity index (χ0n) is 15.3. The summed E-state index contributed by atoms with van der Waals surface area (Å²) in [6.07, 6.45) is -3.57. The van der Waals surface area contributed by atoms with Crippen molar-refractivity contribution in [2.24, 2.45) is 5.14 Å². The van der Waals surface area contributed by atoms with E-state index in [1.807, 2.05) is 18.2 Å². The van der Waals surface area contributed by atoms with Crippen LogP contribution in [0.5, 0.6) is 0 Å². The molecule has 0 bridgehead atoms. The highest BCUT2D eigenvalue weighted by Crippen LogP contribution is 2.40. The Morgan fingerprint density at radius 3 is 2.38 bits per heavy atom. The van der Waals surface area contributed by atoms with Crippen LogP contribution in [0.15, 0.2) is 47.4 Å². The number of rotatable bonds is 5. The van der Waals surface area contributed by atoms with Gasteiger partial charge < -0.3 is 10.1 Å². The second kappa shape index (κ2) is 8.14. The fraction of sp³-hybridized carbons (Fsp3) is 0.368. The van der Waals surface area contributed by atoms with Gasteiger partial charge in [-0.05, 0) is 42.7 Å². The van der Waals surface area contributed by atoms with Crippen LogP contribution in [0.3, 0.4) is 0 Å². The topological polar surface area (TPSA) is 81.4 Å². The number of hydrogen-bond donors (Lipinski definition) is 2. The third-order valence-corrected chi connectivity index (χ3v) is 6.42. The van der Waals surface area contributed by atoms with Gasteiger partial charge in [0, 0.05) is 35.9 Å². The molecule has 0 amide bonds. The largest absolute Gasteiger partial charge is 0.417 e. The van der Waals surface area contributed by atoms with Crippen LogP contribution in [0, 0.1) is 0 Å². The van der Waals surface area contributed by atoms with Crippen molar-refractivity contribution in [3.05, 3.63) is 58.6 Å². The lowest BCUT2D eigenvalue weighted by molar-refractivity contribution is -0.139. The molecule has 5 nitrogen and oxygen atoms in total. The lowest BCUT2D eigenvalue weighted by Gasteiger charge is -2.38. The van der Waals surface area contributed by atoms with E-state index >= 15 is 0 Å². The molecular weight excluding hydrogens is 429 g/mol. The van der Waals surface area contributed by atoms with Gasteiger partial charge in [-0.15, -0.1) is 0 Å². The van der Waals surface area contributed by atoms with Gasteiger partial charge in [-0.25, -0.2) is 13.6 Å². The summed E-state index contributed by atoms with van der Waals surface area (Å²) in [6, 6.07) is 10.3. The Morgan fingerprint density at radius 2 is 1.79 bits per heavy atom. The average molecular weight is 449 g/mol. The summed E-state index contributed by atoms with van der Waals surface area (Å²) in [5.74, 6) is 0. The Morgan fingerprint density at radius 1 is 1.14 bits per heavy atom. The number of ether oxygens (including phenoxy) is 1. The predicted octanol–water partition coefficient (Wildman–Crippen LogP) is 4.17. The van der Waals surface area contributed by atoms with Crippen molar-refractivity contribution in [2.45, 2.75) is 29.3 Å². The molecule has 0 saturated carbocycles. The first-order chi connectivity index (χ1) is 13.5. The number of primary sulfonamides is 1. The van der Waals surface area contributed by atoms with Crippen LogP contribution in [0.25, 0.3) is 0 Å². The first-order valence-electron chi connectivity index (χ1n) is 8.84. The van der Waals surface area contributed by atoms with E-state index in [9.17, 15) is 21.6 Å². The fourth-order valence-corrected chi connectivity index (χ4v) is 4.65. The summed E-state index contributed by atoms with van der Waals surface area (Å²) < 4.78 is 68.6. The van der Waals surface area contributed by atoms with E-state index in [-0.39, 0.29) is 5.69 Å². The Bertz CT molecular complexity index is 990. The molecule has 29 heavy (non-hydrogen) atoms. The number of halogens is 4. The molecule has 0 aromatic heterocycles. The van der Waals surface area contributed by atoms with Crippen LogP contribution >= 0.6 is 11.6 Å². The SMILES string of the molecule is NS(=O)(=O)c1ccc(NCC2(c3ccccc3Cl)CCOCC2)cc1C(F)(F)F. The number of anilines is 1. The van der Waals surface area contributed by atoms with Crippen molar-refractivity contribution in [3.8, 4) is 0 Å². The van der Waals surface area contributed by atoms with Crippen molar-refractivity contribution < 1.29 is 26.3 Å². The van der Waals surface area contributed by atoms with Crippen molar-refractivity contribution >= 4 is 27.3 Å². The predicted molar refractivity (Wildman–Crippen MR) is 104 cm³/mol. The number of nitrogens with one attached hydrogen (secondary N) is 1. The normalized spacial score (nSPS) is 17.1. The fourth-order valence-electron chi connectivity index (χ4n) is 3.58. The smallest absolute Gasteiger partial charge is 0.384 e. The third-order valence-electron chi connectivity index (χ3n) is 5.12. The van der Waals surface area contributed by atoms with E-state index in [1.165, 1.54) is 6.07 Å². The molecule has 2 aromatic carbocycles. The molecule has 0 atom stereocenters. The van der Waals surface area contributed by atoms with E-state index in [4.69, 9.17) is 21.5 Å². The molecule has 0 unspecified atom stereocenters. The molecule has 1 aliphatic rings. The average Bonchev–Trinajstić information content (AvgIpc) is 2.66. The molecule has 1 aliphatic heterocycles. The minimum Gasteiger partial charge on any atom is -0.384 e. The summed E-state index contributed by atoms with van der Waals surface area (Å²) in [4.78, 5) is -0.956. The molecule has 1 saturated heterocycles. The highest BCUT2D eigenvalue weighted by Gasteiger charge is 2.38. The third kappa shape index (κ3) is 4.85. The lowest BCUT2D eigenvalue weighted by Crippen LogP contribution is -2.40. The second-order valence-electron chi connectivity index (χ2n) is 6.98. The summed E-state index contributed by atoms with van der Waals surface area (Å²) in [7, 11) is -4.51. The minimum absolute atomic E-state index is 0.141.